The Bertz CT molecular complexity index is 1030. The number of aldehydes is 1. The number of hydrogen-bond donors (Lipinski definition) is 1. The van der Waals surface area contributed by atoms with Crippen LogP contribution in [-0.4, -0.2) is 12.0 Å². The van der Waals surface area contributed by atoms with E-state index in [9.17, 15) is 14.9 Å². The Morgan fingerprint density at radius 2 is 1.83 bits per heavy atom. The standard InChI is InChI=1S/C18H11N3O3/c19-10-14-17(13-8-4-5-9-16(13)24-18(14)23)15(11-22)21-20-12-6-2-1-3-7-12/h1-9,11,20H/b21-15-. The van der Waals surface area contributed by atoms with E-state index in [1.54, 1.807) is 42.5 Å². The number of rotatable bonds is 4. The number of fused-ring (bicyclic) bond motifs is 1. The molecule has 1 N–H and O–H groups in total. The topological polar surface area (TPSA) is 95.5 Å². The molecular weight excluding hydrogens is 306 g/mol. The van der Waals surface area contributed by atoms with Gasteiger partial charge in [-0.1, -0.05) is 36.4 Å². The average molecular weight is 317 g/mol. The summed E-state index contributed by atoms with van der Waals surface area (Å²) in [5.74, 6) is 0. The summed E-state index contributed by atoms with van der Waals surface area (Å²) in [6.45, 7) is 0. The molecule has 116 valence electrons. The molecule has 0 atom stereocenters. The van der Waals surface area contributed by atoms with Crippen LogP contribution in [0.2, 0.25) is 0 Å². The van der Waals surface area contributed by atoms with E-state index in [1.165, 1.54) is 0 Å². The molecule has 3 aromatic rings. The Balaban J connectivity index is 2.20. The molecule has 0 saturated heterocycles. The highest BCUT2D eigenvalue weighted by Gasteiger charge is 2.18. The minimum Gasteiger partial charge on any atom is -0.422 e. The van der Waals surface area contributed by atoms with Crippen LogP contribution in [0.1, 0.15) is 11.1 Å². The van der Waals surface area contributed by atoms with Crippen LogP contribution in [0.5, 0.6) is 0 Å². The van der Waals surface area contributed by atoms with Gasteiger partial charge in [0.05, 0.1) is 5.69 Å². The molecule has 0 fully saturated rings. The van der Waals surface area contributed by atoms with Crippen molar-refractivity contribution < 1.29 is 9.21 Å². The second kappa shape index (κ2) is 6.58. The molecule has 1 heterocycles. The van der Waals surface area contributed by atoms with Crippen molar-refractivity contribution in [3.05, 3.63) is 76.1 Å². The van der Waals surface area contributed by atoms with Crippen molar-refractivity contribution in [2.24, 2.45) is 5.10 Å². The number of nitrogens with one attached hydrogen (secondary N) is 1. The first kappa shape index (κ1) is 15.2. The second-order valence-corrected chi connectivity index (χ2v) is 4.84. The Morgan fingerprint density at radius 3 is 2.54 bits per heavy atom. The molecule has 1 aromatic heterocycles. The van der Waals surface area contributed by atoms with Crippen LogP contribution >= 0.6 is 0 Å². The highest BCUT2D eigenvalue weighted by molar-refractivity contribution is 6.39. The smallest absolute Gasteiger partial charge is 0.355 e. The SMILES string of the molecule is N#Cc1c(/C(C=O)=N\Nc2ccccc2)c2ccccc2oc1=O. The van der Waals surface area contributed by atoms with Crippen molar-refractivity contribution in [3.8, 4) is 6.07 Å². The van der Waals surface area contributed by atoms with E-state index in [0.29, 0.717) is 17.4 Å². The Kier molecular flexibility index (Phi) is 4.17. The number of benzene rings is 2. The number of para-hydroxylation sites is 2. The van der Waals surface area contributed by atoms with Crippen molar-refractivity contribution in [2.45, 2.75) is 0 Å². The second-order valence-electron chi connectivity index (χ2n) is 4.84. The first-order valence-corrected chi connectivity index (χ1v) is 7.05. The highest BCUT2D eigenvalue weighted by atomic mass is 16.4. The molecule has 0 saturated carbocycles. The quantitative estimate of drug-likeness (QED) is 0.345. The zero-order chi connectivity index (χ0) is 16.9. The maximum atomic E-state index is 12.0. The van der Waals surface area contributed by atoms with Crippen LogP contribution in [0, 0.1) is 11.3 Å². The van der Waals surface area contributed by atoms with E-state index in [0.717, 1.165) is 0 Å². The fourth-order valence-electron chi connectivity index (χ4n) is 2.30. The third-order valence-corrected chi connectivity index (χ3v) is 3.37. The molecule has 0 aliphatic heterocycles. The van der Waals surface area contributed by atoms with Crippen molar-refractivity contribution in [1.29, 1.82) is 5.26 Å². The van der Waals surface area contributed by atoms with Gasteiger partial charge < -0.3 is 4.42 Å². The summed E-state index contributed by atoms with van der Waals surface area (Å²) in [4.78, 5) is 23.5. The third kappa shape index (κ3) is 2.78. The van der Waals surface area contributed by atoms with Crippen LogP contribution in [0.3, 0.4) is 0 Å². The van der Waals surface area contributed by atoms with Gasteiger partial charge in [-0.2, -0.15) is 10.4 Å². The summed E-state index contributed by atoms with van der Waals surface area (Å²) in [5, 5.41) is 13.8. The van der Waals surface area contributed by atoms with Gasteiger partial charge in [0.1, 0.15) is 22.9 Å². The fourth-order valence-corrected chi connectivity index (χ4v) is 2.30. The summed E-state index contributed by atoms with van der Waals surface area (Å²) in [5.41, 5.74) is 2.74. The molecule has 3 rings (SSSR count). The van der Waals surface area contributed by atoms with E-state index < -0.39 is 5.63 Å². The van der Waals surface area contributed by atoms with E-state index in [1.807, 2.05) is 18.2 Å². The number of hydrazone groups is 1. The van der Waals surface area contributed by atoms with Crippen LogP contribution in [-0.2, 0) is 4.79 Å². The number of carbonyl (C=O) groups excluding carboxylic acids is 1. The zero-order valence-corrected chi connectivity index (χ0v) is 12.4. The monoisotopic (exact) mass is 317 g/mol. The van der Waals surface area contributed by atoms with Crippen LogP contribution in [0.15, 0.2) is 68.9 Å². The van der Waals surface area contributed by atoms with Crippen molar-refractivity contribution in [2.75, 3.05) is 5.43 Å². The minimum atomic E-state index is -0.805. The summed E-state index contributed by atoms with van der Waals surface area (Å²) in [6, 6.07) is 17.5. The number of hydrogen-bond acceptors (Lipinski definition) is 6. The van der Waals surface area contributed by atoms with Gasteiger partial charge in [0.15, 0.2) is 6.29 Å². The predicted molar refractivity (Wildman–Crippen MR) is 89.9 cm³/mol. The Hall–Kier alpha value is -3.72. The normalized spacial score (nSPS) is 11.0. The summed E-state index contributed by atoms with van der Waals surface area (Å²) in [6.07, 6.45) is 0.498. The van der Waals surface area contributed by atoms with Gasteiger partial charge >= 0.3 is 5.63 Å². The van der Waals surface area contributed by atoms with Gasteiger partial charge in [-0.3, -0.25) is 10.2 Å². The molecule has 0 radical (unpaired) electrons. The lowest BCUT2D eigenvalue weighted by molar-refractivity contribution is -0.102. The lowest BCUT2D eigenvalue weighted by Crippen LogP contribution is -2.16. The van der Waals surface area contributed by atoms with Gasteiger partial charge in [0.25, 0.3) is 0 Å². The van der Waals surface area contributed by atoms with Crippen LogP contribution in [0.25, 0.3) is 11.0 Å². The summed E-state index contributed by atoms with van der Waals surface area (Å²) in [7, 11) is 0. The molecule has 24 heavy (non-hydrogen) atoms. The molecule has 6 nitrogen and oxygen atoms in total. The van der Waals surface area contributed by atoms with Crippen molar-refractivity contribution in [1.82, 2.24) is 0 Å². The van der Waals surface area contributed by atoms with E-state index in [2.05, 4.69) is 10.5 Å². The molecule has 0 spiro atoms. The van der Waals surface area contributed by atoms with E-state index >= 15 is 0 Å². The molecular formula is C18H11N3O3. The molecule has 0 bridgehead atoms. The molecule has 6 heteroatoms. The third-order valence-electron chi connectivity index (χ3n) is 3.37. The first-order chi connectivity index (χ1) is 11.7. The maximum absolute atomic E-state index is 12.0. The summed E-state index contributed by atoms with van der Waals surface area (Å²) >= 11 is 0. The first-order valence-electron chi connectivity index (χ1n) is 7.05. The number of anilines is 1. The average Bonchev–Trinajstić information content (AvgIpc) is 2.62. The van der Waals surface area contributed by atoms with Gasteiger partial charge in [0.2, 0.25) is 0 Å². The van der Waals surface area contributed by atoms with Gasteiger partial charge in [-0.25, -0.2) is 4.79 Å². The molecule has 0 aliphatic carbocycles. The Morgan fingerprint density at radius 1 is 1.12 bits per heavy atom. The maximum Gasteiger partial charge on any atom is 0.355 e. The van der Waals surface area contributed by atoms with Gasteiger partial charge in [-0.15, -0.1) is 0 Å². The van der Waals surface area contributed by atoms with Crippen LogP contribution in [0.4, 0.5) is 5.69 Å². The number of nitriles is 1. The number of nitrogens with zero attached hydrogens (tertiary/aromatic N) is 2. The minimum absolute atomic E-state index is 0.0560. The zero-order valence-electron chi connectivity index (χ0n) is 12.4. The summed E-state index contributed by atoms with van der Waals surface area (Å²) < 4.78 is 5.11. The Labute approximate surface area is 136 Å². The van der Waals surface area contributed by atoms with Crippen molar-refractivity contribution in [3.63, 3.8) is 0 Å². The molecule has 0 unspecified atom stereocenters. The largest absolute Gasteiger partial charge is 0.422 e. The van der Waals surface area contributed by atoms with Crippen molar-refractivity contribution >= 4 is 28.7 Å². The highest BCUT2D eigenvalue weighted by Crippen LogP contribution is 2.20. The van der Waals surface area contributed by atoms with E-state index in [4.69, 9.17) is 4.42 Å². The lowest BCUT2D eigenvalue weighted by Gasteiger charge is -2.07. The van der Waals surface area contributed by atoms with E-state index in [-0.39, 0.29) is 22.4 Å². The van der Waals surface area contributed by atoms with Crippen LogP contribution < -0.4 is 11.1 Å². The molecule has 2 aromatic carbocycles. The number of carbonyl (C=O) groups is 1. The van der Waals surface area contributed by atoms with Gasteiger partial charge in [0, 0.05) is 10.9 Å². The molecule has 0 aliphatic rings. The predicted octanol–water partition coefficient (Wildman–Crippen LogP) is 2.68. The fraction of sp³-hybridized carbons (Fsp3) is 0. The van der Waals surface area contributed by atoms with Gasteiger partial charge in [-0.05, 0) is 18.2 Å². The molecule has 0 amide bonds. The lowest BCUT2D eigenvalue weighted by atomic mass is 10.0.